The van der Waals surface area contributed by atoms with Gasteiger partial charge < -0.3 is 20.5 Å². The molecule has 3 rings (SSSR count). The number of nitriles is 1. The lowest BCUT2D eigenvalue weighted by atomic mass is 9.72. The number of nitrogen functional groups attached to an aromatic ring is 1. The molecule has 124 valence electrons. The van der Waals surface area contributed by atoms with Crippen LogP contribution in [-0.4, -0.2) is 32.2 Å². The molecule has 1 saturated carbocycles. The maximum absolute atomic E-state index is 13.9. The topological polar surface area (TPSA) is 80.3 Å². The molecule has 1 spiro atoms. The first kappa shape index (κ1) is 16.0. The SMILES string of the molecule is N#Cc1ccc(N)c(NC[C@@]2(CF)CCCC3(C2)OCCO3)c1. The van der Waals surface area contributed by atoms with Crippen LogP contribution in [0.5, 0.6) is 0 Å². The zero-order valence-electron chi connectivity index (χ0n) is 13.1. The zero-order valence-corrected chi connectivity index (χ0v) is 13.1. The van der Waals surface area contributed by atoms with E-state index in [1.54, 1.807) is 18.2 Å². The minimum absolute atomic E-state index is 0.438. The van der Waals surface area contributed by atoms with E-state index in [1.807, 2.05) is 0 Å². The monoisotopic (exact) mass is 319 g/mol. The Balaban J connectivity index is 1.73. The first-order valence-corrected chi connectivity index (χ1v) is 7.98. The largest absolute Gasteiger partial charge is 0.397 e. The standard InChI is InChI=1S/C17H22FN3O2/c18-11-16(4-1-5-17(10-16)22-6-7-23-17)12-21-15-8-13(9-19)2-3-14(15)20/h2-3,8,21H,1,4-7,10-12,20H2/t16-/m0/s1. The van der Waals surface area contributed by atoms with Crippen molar-refractivity contribution >= 4 is 11.4 Å². The van der Waals surface area contributed by atoms with E-state index in [0.717, 1.165) is 19.3 Å². The van der Waals surface area contributed by atoms with Gasteiger partial charge in [-0.05, 0) is 31.0 Å². The van der Waals surface area contributed by atoms with Crippen molar-refractivity contribution in [3.8, 4) is 6.07 Å². The van der Waals surface area contributed by atoms with Crippen molar-refractivity contribution in [2.75, 3.05) is 37.5 Å². The Morgan fingerprint density at radius 2 is 2.09 bits per heavy atom. The molecule has 1 aliphatic heterocycles. The summed E-state index contributed by atoms with van der Waals surface area (Å²) in [6, 6.07) is 7.14. The molecule has 0 aromatic heterocycles. The number of halogens is 1. The number of alkyl halides is 1. The number of ether oxygens (including phenoxy) is 2. The van der Waals surface area contributed by atoms with Crippen molar-refractivity contribution in [3.05, 3.63) is 23.8 Å². The van der Waals surface area contributed by atoms with Gasteiger partial charge in [-0.2, -0.15) is 5.26 Å². The fraction of sp³-hybridized carbons (Fsp3) is 0.588. The van der Waals surface area contributed by atoms with Gasteiger partial charge in [0, 0.05) is 24.8 Å². The molecule has 1 atom stereocenters. The van der Waals surface area contributed by atoms with Crippen molar-refractivity contribution in [1.82, 2.24) is 0 Å². The molecule has 1 aliphatic carbocycles. The number of benzene rings is 1. The summed E-state index contributed by atoms with van der Waals surface area (Å²) < 4.78 is 25.4. The number of rotatable bonds is 4. The molecule has 2 fully saturated rings. The van der Waals surface area contributed by atoms with Crippen LogP contribution >= 0.6 is 0 Å². The summed E-state index contributed by atoms with van der Waals surface area (Å²) in [6.45, 7) is 1.16. The third kappa shape index (κ3) is 3.26. The highest BCUT2D eigenvalue weighted by atomic mass is 19.1. The van der Waals surface area contributed by atoms with Crippen LogP contribution in [-0.2, 0) is 9.47 Å². The predicted octanol–water partition coefficient (Wildman–Crippen LogP) is 2.83. The molecule has 1 aromatic rings. The fourth-order valence-corrected chi connectivity index (χ4v) is 3.60. The molecular formula is C17H22FN3O2. The summed E-state index contributed by atoms with van der Waals surface area (Å²) >= 11 is 0. The van der Waals surface area contributed by atoms with E-state index in [0.29, 0.717) is 43.1 Å². The third-order valence-electron chi connectivity index (χ3n) is 4.84. The van der Waals surface area contributed by atoms with Gasteiger partial charge in [0.2, 0.25) is 0 Å². The van der Waals surface area contributed by atoms with E-state index >= 15 is 0 Å². The lowest BCUT2D eigenvalue weighted by molar-refractivity contribution is -0.202. The second kappa shape index (κ2) is 6.34. The summed E-state index contributed by atoms with van der Waals surface area (Å²) in [4.78, 5) is 0. The zero-order chi connectivity index (χ0) is 16.3. The Morgan fingerprint density at radius 3 is 2.78 bits per heavy atom. The average Bonchev–Trinajstić information content (AvgIpc) is 3.01. The average molecular weight is 319 g/mol. The van der Waals surface area contributed by atoms with Crippen LogP contribution in [0.1, 0.15) is 31.2 Å². The Hall–Kier alpha value is -1.84. The Labute approximate surface area is 135 Å². The molecule has 6 heteroatoms. The highest BCUT2D eigenvalue weighted by molar-refractivity contribution is 5.68. The van der Waals surface area contributed by atoms with Crippen LogP contribution in [0.4, 0.5) is 15.8 Å². The lowest BCUT2D eigenvalue weighted by Crippen LogP contribution is -2.46. The van der Waals surface area contributed by atoms with E-state index < -0.39 is 17.9 Å². The smallest absolute Gasteiger partial charge is 0.169 e. The molecule has 23 heavy (non-hydrogen) atoms. The van der Waals surface area contributed by atoms with Gasteiger partial charge in [-0.3, -0.25) is 4.39 Å². The summed E-state index contributed by atoms with van der Waals surface area (Å²) in [5.41, 5.74) is 7.17. The van der Waals surface area contributed by atoms with Crippen LogP contribution in [0, 0.1) is 16.7 Å². The number of anilines is 2. The summed E-state index contributed by atoms with van der Waals surface area (Å²) in [5.74, 6) is -0.619. The Kier molecular flexibility index (Phi) is 4.42. The Morgan fingerprint density at radius 1 is 1.30 bits per heavy atom. The molecule has 0 amide bonds. The van der Waals surface area contributed by atoms with Crippen LogP contribution < -0.4 is 11.1 Å². The van der Waals surface area contributed by atoms with E-state index in [4.69, 9.17) is 20.5 Å². The highest BCUT2D eigenvalue weighted by Crippen LogP contribution is 2.46. The molecule has 5 nitrogen and oxygen atoms in total. The fourth-order valence-electron chi connectivity index (χ4n) is 3.60. The molecule has 0 radical (unpaired) electrons. The second-order valence-corrected chi connectivity index (χ2v) is 6.54. The minimum atomic E-state index is -0.619. The van der Waals surface area contributed by atoms with E-state index in [1.165, 1.54) is 0 Å². The summed E-state index contributed by atoms with van der Waals surface area (Å²) in [5, 5.41) is 12.2. The predicted molar refractivity (Wildman–Crippen MR) is 85.6 cm³/mol. The number of nitrogens with two attached hydrogens (primary N) is 1. The second-order valence-electron chi connectivity index (χ2n) is 6.54. The number of hydrogen-bond donors (Lipinski definition) is 2. The molecular weight excluding hydrogens is 297 g/mol. The highest BCUT2D eigenvalue weighted by Gasteiger charge is 2.48. The van der Waals surface area contributed by atoms with Crippen molar-refractivity contribution < 1.29 is 13.9 Å². The van der Waals surface area contributed by atoms with Crippen LogP contribution in [0.25, 0.3) is 0 Å². The van der Waals surface area contributed by atoms with Gasteiger partial charge in [0.1, 0.15) is 0 Å². The molecule has 1 aromatic carbocycles. The Bertz CT molecular complexity index is 610. The molecule has 1 saturated heterocycles. The normalized spacial score (nSPS) is 26.1. The third-order valence-corrected chi connectivity index (χ3v) is 4.84. The van der Waals surface area contributed by atoms with Crippen LogP contribution in [0.2, 0.25) is 0 Å². The van der Waals surface area contributed by atoms with Crippen molar-refractivity contribution in [3.63, 3.8) is 0 Å². The number of nitrogens with one attached hydrogen (secondary N) is 1. The van der Waals surface area contributed by atoms with Gasteiger partial charge in [0.05, 0.1) is 42.9 Å². The first-order valence-electron chi connectivity index (χ1n) is 7.98. The number of hydrogen-bond acceptors (Lipinski definition) is 5. The van der Waals surface area contributed by atoms with E-state index in [9.17, 15) is 4.39 Å². The molecule has 0 bridgehead atoms. The van der Waals surface area contributed by atoms with Gasteiger partial charge in [-0.15, -0.1) is 0 Å². The summed E-state index contributed by atoms with van der Waals surface area (Å²) in [6.07, 6.45) is 3.02. The van der Waals surface area contributed by atoms with Crippen molar-refractivity contribution in [1.29, 1.82) is 5.26 Å². The van der Waals surface area contributed by atoms with Gasteiger partial charge in [0.15, 0.2) is 5.79 Å². The van der Waals surface area contributed by atoms with Crippen LogP contribution in [0.15, 0.2) is 18.2 Å². The van der Waals surface area contributed by atoms with Crippen molar-refractivity contribution in [2.24, 2.45) is 5.41 Å². The van der Waals surface area contributed by atoms with Gasteiger partial charge in [0.25, 0.3) is 0 Å². The molecule has 3 N–H and O–H groups in total. The molecule has 1 heterocycles. The van der Waals surface area contributed by atoms with E-state index in [-0.39, 0.29) is 0 Å². The maximum Gasteiger partial charge on any atom is 0.169 e. The number of nitrogens with zero attached hydrogens (tertiary/aromatic N) is 1. The molecule has 2 aliphatic rings. The maximum atomic E-state index is 13.9. The quantitative estimate of drug-likeness (QED) is 0.834. The van der Waals surface area contributed by atoms with Gasteiger partial charge in [-0.1, -0.05) is 0 Å². The lowest BCUT2D eigenvalue weighted by Gasteiger charge is -2.43. The first-order chi connectivity index (χ1) is 11.1. The van der Waals surface area contributed by atoms with Crippen molar-refractivity contribution in [2.45, 2.75) is 31.5 Å². The minimum Gasteiger partial charge on any atom is -0.397 e. The van der Waals surface area contributed by atoms with Gasteiger partial charge in [-0.25, -0.2) is 0 Å². The summed E-state index contributed by atoms with van der Waals surface area (Å²) in [7, 11) is 0. The van der Waals surface area contributed by atoms with Gasteiger partial charge >= 0.3 is 0 Å². The molecule has 0 unspecified atom stereocenters. The van der Waals surface area contributed by atoms with E-state index in [2.05, 4.69) is 11.4 Å². The van der Waals surface area contributed by atoms with Crippen LogP contribution in [0.3, 0.4) is 0 Å².